The van der Waals surface area contributed by atoms with Crippen LogP contribution in [0.5, 0.6) is 0 Å². The highest BCUT2D eigenvalue weighted by atomic mass is 19.1. The number of nitrogens with one attached hydrogen (secondary N) is 2. The van der Waals surface area contributed by atoms with Crippen molar-refractivity contribution < 1.29 is 4.39 Å². The maximum atomic E-state index is 13.3. The lowest BCUT2D eigenvalue weighted by Crippen LogP contribution is -2.18. The smallest absolute Gasteiger partial charge is 0.123 e. The number of aromatic nitrogens is 3. The van der Waals surface area contributed by atoms with E-state index in [2.05, 4.69) is 21.5 Å². The average molecular weight is 286 g/mol. The molecule has 4 nitrogen and oxygen atoms in total. The minimum absolute atomic E-state index is 0.193. The summed E-state index contributed by atoms with van der Waals surface area (Å²) in [4.78, 5) is 3.18. The van der Waals surface area contributed by atoms with Gasteiger partial charge in [-0.1, -0.05) is 0 Å². The normalized spacial score (nSPS) is 11.4. The summed E-state index contributed by atoms with van der Waals surface area (Å²) in [6, 6.07) is 6.92. The first-order valence-electron chi connectivity index (χ1n) is 7.09. The average Bonchev–Trinajstić information content (AvgIpc) is 2.98. The molecule has 0 saturated heterocycles. The molecule has 5 heteroatoms. The van der Waals surface area contributed by atoms with Crippen molar-refractivity contribution >= 4 is 10.9 Å². The van der Waals surface area contributed by atoms with E-state index < -0.39 is 0 Å². The van der Waals surface area contributed by atoms with Gasteiger partial charge in [-0.2, -0.15) is 5.10 Å². The Morgan fingerprint density at radius 1 is 1.33 bits per heavy atom. The van der Waals surface area contributed by atoms with E-state index in [0.717, 1.165) is 47.4 Å². The predicted octanol–water partition coefficient (Wildman–Crippen LogP) is 2.68. The third-order valence-corrected chi connectivity index (χ3v) is 3.71. The molecule has 1 aromatic carbocycles. The summed E-state index contributed by atoms with van der Waals surface area (Å²) in [5.41, 5.74) is 4.31. The molecule has 21 heavy (non-hydrogen) atoms. The van der Waals surface area contributed by atoms with Gasteiger partial charge in [-0.25, -0.2) is 4.39 Å². The van der Waals surface area contributed by atoms with Crippen LogP contribution in [0.4, 0.5) is 4.39 Å². The Bertz CT molecular complexity index is 757. The summed E-state index contributed by atoms with van der Waals surface area (Å²) in [6.07, 6.45) is 2.82. The molecule has 0 bridgehead atoms. The molecule has 0 atom stereocenters. The van der Waals surface area contributed by atoms with Gasteiger partial charge in [0.2, 0.25) is 0 Å². The maximum absolute atomic E-state index is 13.3. The molecular formula is C16H19FN4. The molecule has 3 aromatic rings. The molecule has 2 aromatic heterocycles. The van der Waals surface area contributed by atoms with Crippen molar-refractivity contribution in [2.45, 2.75) is 19.9 Å². The van der Waals surface area contributed by atoms with Gasteiger partial charge >= 0.3 is 0 Å². The van der Waals surface area contributed by atoms with Gasteiger partial charge in [0.1, 0.15) is 5.82 Å². The molecule has 0 aliphatic carbocycles. The lowest BCUT2D eigenvalue weighted by atomic mass is 10.1. The SMILES string of the molecule is Cc1cc(CNCCc2c[nH]c3ccc(F)cc23)n(C)n1. The first-order valence-corrected chi connectivity index (χ1v) is 7.09. The molecule has 0 aliphatic rings. The highest BCUT2D eigenvalue weighted by Gasteiger charge is 2.05. The van der Waals surface area contributed by atoms with Crippen LogP contribution in [0.3, 0.4) is 0 Å². The Hall–Kier alpha value is -2.14. The number of aromatic amines is 1. The topological polar surface area (TPSA) is 45.6 Å². The van der Waals surface area contributed by atoms with Gasteiger partial charge in [0, 0.05) is 30.7 Å². The minimum atomic E-state index is -0.193. The van der Waals surface area contributed by atoms with E-state index in [1.165, 1.54) is 6.07 Å². The van der Waals surface area contributed by atoms with E-state index in [-0.39, 0.29) is 5.82 Å². The molecule has 0 saturated carbocycles. The van der Waals surface area contributed by atoms with E-state index >= 15 is 0 Å². The first kappa shape index (κ1) is 13.8. The highest BCUT2D eigenvalue weighted by Crippen LogP contribution is 2.19. The molecule has 0 spiro atoms. The number of nitrogens with zero attached hydrogens (tertiary/aromatic N) is 2. The van der Waals surface area contributed by atoms with Crippen molar-refractivity contribution in [1.29, 1.82) is 0 Å². The maximum Gasteiger partial charge on any atom is 0.123 e. The minimum Gasteiger partial charge on any atom is -0.361 e. The first-order chi connectivity index (χ1) is 10.1. The molecule has 2 N–H and O–H groups in total. The number of fused-ring (bicyclic) bond motifs is 1. The van der Waals surface area contributed by atoms with Gasteiger partial charge in [-0.05, 0) is 49.7 Å². The molecule has 110 valence electrons. The van der Waals surface area contributed by atoms with Gasteiger partial charge in [0.25, 0.3) is 0 Å². The van der Waals surface area contributed by atoms with E-state index in [0.29, 0.717) is 0 Å². The van der Waals surface area contributed by atoms with Gasteiger partial charge in [-0.15, -0.1) is 0 Å². The monoisotopic (exact) mass is 286 g/mol. The summed E-state index contributed by atoms with van der Waals surface area (Å²) in [6.45, 7) is 3.62. The van der Waals surface area contributed by atoms with E-state index in [1.807, 2.05) is 24.9 Å². The second-order valence-electron chi connectivity index (χ2n) is 5.33. The van der Waals surface area contributed by atoms with Crippen molar-refractivity contribution in [1.82, 2.24) is 20.1 Å². The van der Waals surface area contributed by atoms with Crippen LogP contribution in [0.1, 0.15) is 17.0 Å². The Kier molecular flexibility index (Phi) is 3.75. The van der Waals surface area contributed by atoms with Crippen LogP contribution in [0.15, 0.2) is 30.5 Å². The Morgan fingerprint density at radius 3 is 2.95 bits per heavy atom. The number of hydrogen-bond donors (Lipinski definition) is 2. The zero-order valence-electron chi connectivity index (χ0n) is 12.3. The number of halogens is 1. The van der Waals surface area contributed by atoms with Crippen molar-refractivity contribution in [3.05, 3.63) is 53.2 Å². The van der Waals surface area contributed by atoms with Crippen LogP contribution < -0.4 is 5.32 Å². The summed E-state index contributed by atoms with van der Waals surface area (Å²) in [7, 11) is 1.95. The lowest BCUT2D eigenvalue weighted by molar-refractivity contribution is 0.624. The van der Waals surface area contributed by atoms with Crippen molar-refractivity contribution in [3.8, 4) is 0 Å². The number of H-pyrrole nitrogens is 1. The van der Waals surface area contributed by atoms with Crippen LogP contribution in [-0.2, 0) is 20.0 Å². The third kappa shape index (κ3) is 2.97. The zero-order chi connectivity index (χ0) is 14.8. The van der Waals surface area contributed by atoms with Crippen LogP contribution in [0, 0.1) is 12.7 Å². The van der Waals surface area contributed by atoms with Gasteiger partial charge in [-0.3, -0.25) is 4.68 Å². The highest BCUT2D eigenvalue weighted by molar-refractivity contribution is 5.83. The number of rotatable bonds is 5. The lowest BCUT2D eigenvalue weighted by Gasteiger charge is -2.05. The Balaban J connectivity index is 1.59. The number of benzene rings is 1. The predicted molar refractivity (Wildman–Crippen MR) is 81.6 cm³/mol. The molecule has 0 aliphatic heterocycles. The Morgan fingerprint density at radius 2 is 2.19 bits per heavy atom. The Labute approximate surface area is 123 Å². The fourth-order valence-corrected chi connectivity index (χ4v) is 2.63. The van der Waals surface area contributed by atoms with Crippen LogP contribution in [0.2, 0.25) is 0 Å². The van der Waals surface area contributed by atoms with Crippen LogP contribution >= 0.6 is 0 Å². The largest absolute Gasteiger partial charge is 0.361 e. The molecule has 0 unspecified atom stereocenters. The summed E-state index contributed by atoms with van der Waals surface area (Å²) in [5.74, 6) is -0.193. The molecular weight excluding hydrogens is 267 g/mol. The van der Waals surface area contributed by atoms with Crippen molar-refractivity contribution in [2.75, 3.05) is 6.54 Å². The number of aryl methyl sites for hydroxylation is 2. The molecule has 0 fully saturated rings. The summed E-state index contributed by atoms with van der Waals surface area (Å²) in [5, 5.41) is 8.69. The summed E-state index contributed by atoms with van der Waals surface area (Å²) < 4.78 is 15.2. The summed E-state index contributed by atoms with van der Waals surface area (Å²) >= 11 is 0. The van der Waals surface area contributed by atoms with Crippen LogP contribution in [-0.4, -0.2) is 21.3 Å². The fourth-order valence-electron chi connectivity index (χ4n) is 2.63. The van der Waals surface area contributed by atoms with E-state index in [4.69, 9.17) is 0 Å². The third-order valence-electron chi connectivity index (χ3n) is 3.71. The zero-order valence-corrected chi connectivity index (χ0v) is 12.3. The molecule has 0 amide bonds. The van der Waals surface area contributed by atoms with Gasteiger partial charge < -0.3 is 10.3 Å². The second kappa shape index (κ2) is 5.69. The fraction of sp³-hybridized carbons (Fsp3) is 0.312. The van der Waals surface area contributed by atoms with Gasteiger partial charge in [0.15, 0.2) is 0 Å². The van der Waals surface area contributed by atoms with E-state index in [9.17, 15) is 4.39 Å². The van der Waals surface area contributed by atoms with Crippen molar-refractivity contribution in [3.63, 3.8) is 0 Å². The van der Waals surface area contributed by atoms with Crippen molar-refractivity contribution in [2.24, 2.45) is 7.05 Å². The molecule has 0 radical (unpaired) electrons. The standard InChI is InChI=1S/C16H19FN4/c1-11-7-14(21(2)20-11)10-18-6-5-12-9-19-16-4-3-13(17)8-15(12)16/h3-4,7-9,18-19H,5-6,10H2,1-2H3. The second-order valence-corrected chi connectivity index (χ2v) is 5.33. The van der Waals surface area contributed by atoms with Crippen LogP contribution in [0.25, 0.3) is 10.9 Å². The molecule has 2 heterocycles. The number of hydrogen-bond acceptors (Lipinski definition) is 2. The van der Waals surface area contributed by atoms with Gasteiger partial charge in [0.05, 0.1) is 11.4 Å². The quantitative estimate of drug-likeness (QED) is 0.708. The van der Waals surface area contributed by atoms with E-state index in [1.54, 1.807) is 12.1 Å². The molecule has 3 rings (SSSR count).